The summed E-state index contributed by atoms with van der Waals surface area (Å²) in [5, 5.41) is 5.36. The molecule has 0 atom stereocenters. The molecule has 3 rings (SSSR count). The number of rotatable bonds is 5. The average Bonchev–Trinajstić information content (AvgIpc) is 3.05. The van der Waals surface area contributed by atoms with Gasteiger partial charge in [-0.2, -0.15) is 0 Å². The first-order valence-corrected chi connectivity index (χ1v) is 8.61. The number of thiazole rings is 1. The molecule has 0 bridgehead atoms. The van der Waals surface area contributed by atoms with Crippen LogP contribution in [0.3, 0.4) is 0 Å². The predicted molar refractivity (Wildman–Crippen MR) is 97.9 cm³/mol. The third-order valence-electron chi connectivity index (χ3n) is 3.50. The summed E-state index contributed by atoms with van der Waals surface area (Å²) in [6.07, 6.45) is 0. The Morgan fingerprint density at radius 3 is 2.67 bits per heavy atom. The van der Waals surface area contributed by atoms with Gasteiger partial charge in [0.25, 0.3) is 5.91 Å². The summed E-state index contributed by atoms with van der Waals surface area (Å²) in [5.41, 5.74) is 3.60. The van der Waals surface area contributed by atoms with Gasteiger partial charge in [-0.25, -0.2) is 4.98 Å². The van der Waals surface area contributed by atoms with Gasteiger partial charge in [0.15, 0.2) is 5.13 Å². The van der Waals surface area contributed by atoms with Crippen LogP contribution in [0.15, 0.2) is 53.9 Å². The van der Waals surface area contributed by atoms with Crippen LogP contribution in [0.2, 0.25) is 0 Å². The molecule has 0 saturated heterocycles. The molecule has 2 aromatic carbocycles. The quantitative estimate of drug-likeness (QED) is 0.729. The van der Waals surface area contributed by atoms with Crippen molar-refractivity contribution in [3.63, 3.8) is 0 Å². The molecule has 0 aliphatic heterocycles. The van der Waals surface area contributed by atoms with E-state index in [4.69, 9.17) is 4.74 Å². The van der Waals surface area contributed by atoms with Crippen LogP contribution in [0.5, 0.6) is 5.75 Å². The van der Waals surface area contributed by atoms with Crippen LogP contribution in [0.1, 0.15) is 22.8 Å². The van der Waals surface area contributed by atoms with Crippen molar-refractivity contribution in [1.82, 2.24) is 4.98 Å². The predicted octanol–water partition coefficient (Wildman–Crippen LogP) is 4.77. The maximum absolute atomic E-state index is 12.5. The molecule has 5 heteroatoms. The van der Waals surface area contributed by atoms with E-state index in [2.05, 4.69) is 10.3 Å². The maximum atomic E-state index is 12.5. The molecule has 0 radical (unpaired) electrons. The summed E-state index contributed by atoms with van der Waals surface area (Å²) >= 11 is 1.41. The molecule has 0 spiro atoms. The van der Waals surface area contributed by atoms with E-state index in [-0.39, 0.29) is 5.91 Å². The van der Waals surface area contributed by atoms with E-state index in [1.165, 1.54) is 16.9 Å². The first-order chi connectivity index (χ1) is 11.7. The summed E-state index contributed by atoms with van der Waals surface area (Å²) < 4.78 is 5.50. The van der Waals surface area contributed by atoms with Gasteiger partial charge >= 0.3 is 0 Å². The van der Waals surface area contributed by atoms with Crippen LogP contribution in [0.25, 0.3) is 11.3 Å². The highest BCUT2D eigenvalue weighted by Gasteiger charge is 2.14. The minimum Gasteiger partial charge on any atom is -0.493 e. The SMILES string of the molecule is CCOc1ccccc1C(=O)Nc1nc(-c2ccc(C)cc2)cs1. The van der Waals surface area contributed by atoms with Gasteiger partial charge in [-0.3, -0.25) is 10.1 Å². The fraction of sp³-hybridized carbons (Fsp3) is 0.158. The third-order valence-corrected chi connectivity index (χ3v) is 4.26. The molecular formula is C19H18N2O2S. The second kappa shape index (κ2) is 7.27. The number of para-hydroxylation sites is 1. The molecule has 1 amide bonds. The molecule has 0 saturated carbocycles. The van der Waals surface area contributed by atoms with E-state index < -0.39 is 0 Å². The second-order valence-corrected chi connectivity index (χ2v) is 6.15. The average molecular weight is 338 g/mol. The second-order valence-electron chi connectivity index (χ2n) is 5.29. The van der Waals surface area contributed by atoms with Crippen molar-refractivity contribution in [2.24, 2.45) is 0 Å². The Labute approximate surface area is 145 Å². The number of aromatic nitrogens is 1. The fourth-order valence-electron chi connectivity index (χ4n) is 2.29. The molecular weight excluding hydrogens is 320 g/mol. The lowest BCUT2D eigenvalue weighted by atomic mass is 10.1. The third kappa shape index (κ3) is 3.63. The van der Waals surface area contributed by atoms with Crippen molar-refractivity contribution in [2.45, 2.75) is 13.8 Å². The number of hydrogen-bond acceptors (Lipinski definition) is 4. The Balaban J connectivity index is 1.77. The standard InChI is InChI=1S/C19H18N2O2S/c1-3-23-17-7-5-4-6-15(17)18(22)21-19-20-16(12-24-19)14-10-8-13(2)9-11-14/h4-12H,3H2,1-2H3,(H,20,21,22). The highest BCUT2D eigenvalue weighted by molar-refractivity contribution is 7.14. The molecule has 0 aliphatic carbocycles. The zero-order valence-corrected chi connectivity index (χ0v) is 14.4. The molecule has 0 unspecified atom stereocenters. The van der Waals surface area contributed by atoms with Crippen molar-refractivity contribution in [2.75, 3.05) is 11.9 Å². The van der Waals surface area contributed by atoms with Gasteiger partial charge in [0, 0.05) is 10.9 Å². The first kappa shape index (κ1) is 16.2. The molecule has 1 N–H and O–H groups in total. The number of carbonyl (C=O) groups is 1. The topological polar surface area (TPSA) is 51.2 Å². The largest absolute Gasteiger partial charge is 0.493 e. The van der Waals surface area contributed by atoms with Crippen LogP contribution < -0.4 is 10.1 Å². The molecule has 24 heavy (non-hydrogen) atoms. The summed E-state index contributed by atoms with van der Waals surface area (Å²) in [4.78, 5) is 17.0. The van der Waals surface area contributed by atoms with Crippen LogP contribution in [0, 0.1) is 6.92 Å². The van der Waals surface area contributed by atoms with E-state index in [0.717, 1.165) is 11.3 Å². The van der Waals surface area contributed by atoms with Gasteiger partial charge in [-0.15, -0.1) is 11.3 Å². The number of anilines is 1. The van der Waals surface area contributed by atoms with Crippen molar-refractivity contribution >= 4 is 22.4 Å². The lowest BCUT2D eigenvalue weighted by molar-refractivity contribution is 0.102. The lowest BCUT2D eigenvalue weighted by Gasteiger charge is -2.08. The van der Waals surface area contributed by atoms with E-state index in [1.54, 1.807) is 12.1 Å². The molecule has 0 aliphatic rings. The molecule has 0 fully saturated rings. The smallest absolute Gasteiger partial charge is 0.261 e. The van der Waals surface area contributed by atoms with E-state index in [1.807, 2.05) is 55.6 Å². The number of nitrogens with zero attached hydrogens (tertiary/aromatic N) is 1. The number of amides is 1. The van der Waals surface area contributed by atoms with Crippen LogP contribution in [-0.4, -0.2) is 17.5 Å². The zero-order valence-electron chi connectivity index (χ0n) is 13.6. The molecule has 122 valence electrons. The Bertz CT molecular complexity index is 841. The Morgan fingerprint density at radius 2 is 1.92 bits per heavy atom. The van der Waals surface area contributed by atoms with Gasteiger partial charge in [-0.1, -0.05) is 42.0 Å². The highest BCUT2D eigenvalue weighted by atomic mass is 32.1. The summed E-state index contributed by atoms with van der Waals surface area (Å²) in [7, 11) is 0. The molecule has 1 aromatic heterocycles. The van der Waals surface area contributed by atoms with Crippen LogP contribution >= 0.6 is 11.3 Å². The normalized spacial score (nSPS) is 10.4. The summed E-state index contributed by atoms with van der Waals surface area (Å²) in [6, 6.07) is 15.3. The van der Waals surface area contributed by atoms with E-state index in [9.17, 15) is 4.79 Å². The molecule has 4 nitrogen and oxygen atoms in total. The number of aryl methyl sites for hydroxylation is 1. The highest BCUT2D eigenvalue weighted by Crippen LogP contribution is 2.26. The number of hydrogen-bond donors (Lipinski definition) is 1. The lowest BCUT2D eigenvalue weighted by Crippen LogP contribution is -2.13. The fourth-order valence-corrected chi connectivity index (χ4v) is 3.00. The van der Waals surface area contributed by atoms with E-state index in [0.29, 0.717) is 23.1 Å². The minimum atomic E-state index is -0.219. The van der Waals surface area contributed by atoms with Crippen LogP contribution in [-0.2, 0) is 0 Å². The summed E-state index contributed by atoms with van der Waals surface area (Å²) in [6.45, 7) is 4.45. The van der Waals surface area contributed by atoms with Crippen molar-refractivity contribution in [3.8, 4) is 17.0 Å². The van der Waals surface area contributed by atoms with Gasteiger partial charge in [0.2, 0.25) is 0 Å². The number of ether oxygens (including phenoxy) is 1. The number of benzene rings is 2. The Morgan fingerprint density at radius 1 is 1.17 bits per heavy atom. The van der Waals surface area contributed by atoms with Crippen molar-refractivity contribution < 1.29 is 9.53 Å². The van der Waals surface area contributed by atoms with Gasteiger partial charge < -0.3 is 4.74 Å². The Hall–Kier alpha value is -2.66. The Kier molecular flexibility index (Phi) is 4.91. The van der Waals surface area contributed by atoms with E-state index >= 15 is 0 Å². The zero-order chi connectivity index (χ0) is 16.9. The van der Waals surface area contributed by atoms with Crippen LogP contribution in [0.4, 0.5) is 5.13 Å². The van der Waals surface area contributed by atoms with Gasteiger partial charge in [0.1, 0.15) is 5.75 Å². The first-order valence-electron chi connectivity index (χ1n) is 7.73. The monoisotopic (exact) mass is 338 g/mol. The minimum absolute atomic E-state index is 0.219. The number of carbonyl (C=O) groups excluding carboxylic acids is 1. The molecule has 3 aromatic rings. The molecule has 1 heterocycles. The van der Waals surface area contributed by atoms with Crippen molar-refractivity contribution in [3.05, 3.63) is 65.0 Å². The maximum Gasteiger partial charge on any atom is 0.261 e. The van der Waals surface area contributed by atoms with Crippen molar-refractivity contribution in [1.29, 1.82) is 0 Å². The van der Waals surface area contributed by atoms with Gasteiger partial charge in [0.05, 0.1) is 17.9 Å². The van der Waals surface area contributed by atoms with Gasteiger partial charge in [-0.05, 0) is 26.0 Å². The number of nitrogens with one attached hydrogen (secondary N) is 1. The summed E-state index contributed by atoms with van der Waals surface area (Å²) in [5.74, 6) is 0.358.